The maximum absolute atomic E-state index is 13.0. The Balaban J connectivity index is 2.51. The second-order valence-corrected chi connectivity index (χ2v) is 6.66. The summed E-state index contributed by atoms with van der Waals surface area (Å²) in [6.45, 7) is 3.87. The Morgan fingerprint density at radius 1 is 1.09 bits per heavy atom. The molecule has 1 N–H and O–H groups in total. The van der Waals surface area contributed by atoms with Crippen LogP contribution in [0.4, 0.5) is 0 Å². The summed E-state index contributed by atoms with van der Waals surface area (Å²) in [5, 5.41) is 0.360. The highest BCUT2D eigenvalue weighted by Gasteiger charge is 2.29. The van der Waals surface area contributed by atoms with Crippen molar-refractivity contribution in [2.45, 2.75) is 20.4 Å². The monoisotopic (exact) mass is 338 g/mol. The topological polar surface area (TPSA) is 90.4 Å². The average molecular weight is 338 g/mol. The van der Waals surface area contributed by atoms with Crippen LogP contribution in [0.1, 0.15) is 19.4 Å². The predicted molar refractivity (Wildman–Crippen MR) is 87.4 cm³/mol. The van der Waals surface area contributed by atoms with Crippen LogP contribution >= 0.6 is 7.60 Å². The first-order chi connectivity index (χ1) is 11.0. The summed E-state index contributed by atoms with van der Waals surface area (Å²) in [5.41, 5.74) is -0.433. The molecule has 0 atom stereocenters. The SMILES string of the molecule is CCOP(=O)(OCC)c1ccccc1Cn1c(=O)cc[nH]c1=O. The highest BCUT2D eigenvalue weighted by Crippen LogP contribution is 2.47. The number of nitrogens with one attached hydrogen (secondary N) is 1. The lowest BCUT2D eigenvalue weighted by Gasteiger charge is -2.20. The molecule has 0 aliphatic rings. The van der Waals surface area contributed by atoms with E-state index in [1.165, 1.54) is 12.3 Å². The highest BCUT2D eigenvalue weighted by molar-refractivity contribution is 7.62. The van der Waals surface area contributed by atoms with E-state index >= 15 is 0 Å². The molecule has 23 heavy (non-hydrogen) atoms. The lowest BCUT2D eigenvalue weighted by Crippen LogP contribution is -2.35. The predicted octanol–water partition coefficient (Wildman–Crippen LogP) is 1.48. The molecule has 0 aliphatic carbocycles. The fraction of sp³-hybridized carbons (Fsp3) is 0.333. The maximum atomic E-state index is 13.0. The summed E-state index contributed by atoms with van der Waals surface area (Å²) >= 11 is 0. The molecule has 0 bridgehead atoms. The van der Waals surface area contributed by atoms with Crippen molar-refractivity contribution in [2.24, 2.45) is 0 Å². The molecule has 0 unspecified atom stereocenters. The van der Waals surface area contributed by atoms with Crippen LogP contribution in [0.2, 0.25) is 0 Å². The number of nitrogens with zero attached hydrogens (tertiary/aromatic N) is 1. The van der Waals surface area contributed by atoms with Gasteiger partial charge in [0.25, 0.3) is 5.56 Å². The number of rotatable bonds is 7. The average Bonchev–Trinajstić information content (AvgIpc) is 2.52. The Morgan fingerprint density at radius 3 is 2.35 bits per heavy atom. The van der Waals surface area contributed by atoms with Gasteiger partial charge in [-0.05, 0) is 25.5 Å². The first-order valence-electron chi connectivity index (χ1n) is 7.28. The van der Waals surface area contributed by atoms with Crippen LogP contribution in [0.5, 0.6) is 0 Å². The molecule has 0 amide bonds. The number of aromatic amines is 1. The molecule has 124 valence electrons. The second-order valence-electron chi connectivity index (χ2n) is 4.67. The third-order valence-electron chi connectivity index (χ3n) is 3.16. The van der Waals surface area contributed by atoms with Gasteiger partial charge in [0.2, 0.25) is 0 Å². The van der Waals surface area contributed by atoms with Gasteiger partial charge in [-0.25, -0.2) is 4.79 Å². The fourth-order valence-electron chi connectivity index (χ4n) is 2.20. The van der Waals surface area contributed by atoms with Gasteiger partial charge in [0, 0.05) is 12.3 Å². The lowest BCUT2D eigenvalue weighted by molar-refractivity contribution is 0.229. The summed E-state index contributed by atoms with van der Waals surface area (Å²) in [5.74, 6) is 0. The van der Waals surface area contributed by atoms with Crippen LogP contribution < -0.4 is 16.6 Å². The van der Waals surface area contributed by atoms with Gasteiger partial charge in [-0.1, -0.05) is 18.2 Å². The number of aromatic nitrogens is 2. The Morgan fingerprint density at radius 2 is 1.74 bits per heavy atom. The molecular weight excluding hydrogens is 319 g/mol. The van der Waals surface area contributed by atoms with Crippen molar-refractivity contribution in [3.63, 3.8) is 0 Å². The fourth-order valence-corrected chi connectivity index (χ4v) is 4.00. The van der Waals surface area contributed by atoms with E-state index in [-0.39, 0.29) is 19.8 Å². The first-order valence-corrected chi connectivity index (χ1v) is 8.82. The molecule has 2 aromatic rings. The lowest BCUT2D eigenvalue weighted by atomic mass is 10.2. The van der Waals surface area contributed by atoms with E-state index in [0.717, 1.165) is 4.57 Å². The molecule has 1 aromatic carbocycles. The minimum absolute atomic E-state index is 0.0185. The number of H-pyrrole nitrogens is 1. The third-order valence-corrected chi connectivity index (χ3v) is 5.38. The molecule has 0 fully saturated rings. The van der Waals surface area contributed by atoms with Crippen molar-refractivity contribution >= 4 is 12.9 Å². The Bertz CT molecular complexity index is 789. The van der Waals surface area contributed by atoms with Crippen LogP contribution in [0.15, 0.2) is 46.1 Å². The van der Waals surface area contributed by atoms with Crippen LogP contribution in [-0.2, 0) is 20.2 Å². The summed E-state index contributed by atoms with van der Waals surface area (Å²) < 4.78 is 24.7. The Labute approximate surface area is 133 Å². The molecule has 2 rings (SSSR count). The summed E-state index contributed by atoms with van der Waals surface area (Å²) in [7, 11) is -3.50. The molecule has 8 heteroatoms. The van der Waals surface area contributed by atoms with Crippen LogP contribution in [0, 0.1) is 0 Å². The van der Waals surface area contributed by atoms with Gasteiger partial charge < -0.3 is 14.0 Å². The van der Waals surface area contributed by atoms with E-state index in [9.17, 15) is 14.2 Å². The van der Waals surface area contributed by atoms with E-state index in [2.05, 4.69) is 4.98 Å². The standard InChI is InChI=1S/C15H19N2O5P/c1-3-21-23(20,22-4-2)13-8-6-5-7-12(13)11-17-14(18)9-10-16-15(17)19/h5-10H,3-4,11H2,1-2H3,(H,16,19). The summed E-state index contributed by atoms with van der Waals surface area (Å²) in [6.07, 6.45) is 1.29. The molecule has 7 nitrogen and oxygen atoms in total. The molecule has 0 radical (unpaired) electrons. The number of hydrogen-bond acceptors (Lipinski definition) is 5. The molecular formula is C15H19N2O5P. The van der Waals surface area contributed by atoms with Crippen molar-refractivity contribution in [1.29, 1.82) is 0 Å². The largest absolute Gasteiger partial charge is 0.361 e. The summed E-state index contributed by atoms with van der Waals surface area (Å²) in [6, 6.07) is 8.03. The van der Waals surface area contributed by atoms with Gasteiger partial charge in [-0.3, -0.25) is 13.9 Å². The molecule has 0 saturated heterocycles. The zero-order valence-corrected chi connectivity index (χ0v) is 13.9. The quantitative estimate of drug-likeness (QED) is 0.772. The van der Waals surface area contributed by atoms with E-state index in [1.54, 1.807) is 38.1 Å². The van der Waals surface area contributed by atoms with Gasteiger partial charge >= 0.3 is 13.3 Å². The van der Waals surface area contributed by atoms with E-state index < -0.39 is 18.8 Å². The van der Waals surface area contributed by atoms with E-state index in [1.807, 2.05) is 0 Å². The van der Waals surface area contributed by atoms with Crippen molar-refractivity contribution in [2.75, 3.05) is 13.2 Å². The minimum atomic E-state index is -3.50. The van der Waals surface area contributed by atoms with Gasteiger partial charge in [-0.15, -0.1) is 0 Å². The van der Waals surface area contributed by atoms with Gasteiger partial charge in [-0.2, -0.15) is 0 Å². The molecule has 1 aromatic heterocycles. The van der Waals surface area contributed by atoms with Gasteiger partial charge in [0.05, 0.1) is 25.1 Å². The first kappa shape index (κ1) is 17.4. The molecule has 0 saturated carbocycles. The zero-order chi connectivity index (χ0) is 16.9. The maximum Gasteiger partial charge on any atom is 0.361 e. The van der Waals surface area contributed by atoms with E-state index in [0.29, 0.717) is 10.9 Å². The van der Waals surface area contributed by atoms with Crippen molar-refractivity contribution in [1.82, 2.24) is 9.55 Å². The smallest absolute Gasteiger partial charge is 0.314 e. The normalized spacial score (nSPS) is 11.6. The Hall–Kier alpha value is -1.95. The number of hydrogen-bond donors (Lipinski definition) is 1. The van der Waals surface area contributed by atoms with Crippen LogP contribution in [0.3, 0.4) is 0 Å². The molecule has 0 spiro atoms. The van der Waals surface area contributed by atoms with Crippen molar-refractivity contribution < 1.29 is 13.6 Å². The second kappa shape index (κ2) is 7.55. The Kier molecular flexibility index (Phi) is 5.71. The van der Waals surface area contributed by atoms with Gasteiger partial charge in [0.1, 0.15) is 0 Å². The molecule has 0 aliphatic heterocycles. The number of benzene rings is 1. The summed E-state index contributed by atoms with van der Waals surface area (Å²) in [4.78, 5) is 26.1. The zero-order valence-electron chi connectivity index (χ0n) is 13.0. The van der Waals surface area contributed by atoms with Crippen LogP contribution in [0.25, 0.3) is 0 Å². The minimum Gasteiger partial charge on any atom is -0.314 e. The van der Waals surface area contributed by atoms with Gasteiger partial charge in [0.15, 0.2) is 0 Å². The van der Waals surface area contributed by atoms with Crippen LogP contribution in [-0.4, -0.2) is 22.8 Å². The molecule has 1 heterocycles. The van der Waals surface area contributed by atoms with Crippen molar-refractivity contribution in [3.05, 3.63) is 62.9 Å². The van der Waals surface area contributed by atoms with Crippen molar-refractivity contribution in [3.8, 4) is 0 Å². The van der Waals surface area contributed by atoms with E-state index in [4.69, 9.17) is 9.05 Å². The third kappa shape index (κ3) is 3.88. The highest BCUT2D eigenvalue weighted by atomic mass is 31.2.